The number of rotatable bonds is 5. The molecule has 26 heavy (non-hydrogen) atoms. The Hall–Kier alpha value is -3.35. The highest BCUT2D eigenvalue weighted by Crippen LogP contribution is 2.27. The molecule has 0 bridgehead atoms. The molecule has 0 aliphatic heterocycles. The second-order valence-corrected chi connectivity index (χ2v) is 6.65. The number of carboxylic acid groups (broad SMARTS) is 2. The third-order valence-electron chi connectivity index (χ3n) is 3.46. The SMILES string of the molecule is CC(C)(C)C(=O)Nc1cccc(Oc2ccc(C(=O)O)c(C(=O)O)c2)c1. The lowest BCUT2D eigenvalue weighted by molar-refractivity contribution is -0.123. The van der Waals surface area contributed by atoms with Crippen LogP contribution in [0, 0.1) is 5.41 Å². The first-order valence-electron chi connectivity index (χ1n) is 7.78. The summed E-state index contributed by atoms with van der Waals surface area (Å²) in [6.45, 7) is 5.38. The van der Waals surface area contributed by atoms with Gasteiger partial charge in [-0.2, -0.15) is 0 Å². The Balaban J connectivity index is 2.25. The Labute approximate surface area is 150 Å². The Morgan fingerprint density at radius 3 is 2.08 bits per heavy atom. The van der Waals surface area contributed by atoms with E-state index in [1.54, 1.807) is 45.0 Å². The summed E-state index contributed by atoms with van der Waals surface area (Å²) in [5.74, 6) is -2.31. The fourth-order valence-corrected chi connectivity index (χ4v) is 2.04. The van der Waals surface area contributed by atoms with E-state index in [4.69, 9.17) is 14.9 Å². The standard InChI is InChI=1S/C19H19NO6/c1-19(2,3)18(25)20-11-5-4-6-12(9-11)26-13-7-8-14(16(21)22)15(10-13)17(23)24/h4-10H,1-3H3,(H,20,25)(H,21,22)(H,23,24). The first-order chi connectivity index (χ1) is 12.1. The molecule has 2 rings (SSSR count). The number of benzene rings is 2. The molecule has 2 aromatic rings. The summed E-state index contributed by atoms with van der Waals surface area (Å²) in [6, 6.07) is 10.3. The molecule has 0 heterocycles. The molecule has 0 atom stereocenters. The van der Waals surface area contributed by atoms with Gasteiger partial charge in [0.2, 0.25) is 5.91 Å². The second-order valence-electron chi connectivity index (χ2n) is 6.65. The number of hydrogen-bond acceptors (Lipinski definition) is 4. The van der Waals surface area contributed by atoms with Crippen LogP contribution < -0.4 is 10.1 Å². The van der Waals surface area contributed by atoms with Crippen LogP contribution in [-0.2, 0) is 4.79 Å². The summed E-state index contributed by atoms with van der Waals surface area (Å²) in [5.41, 5.74) is -0.717. The Kier molecular flexibility index (Phi) is 5.30. The van der Waals surface area contributed by atoms with Gasteiger partial charge in [0, 0.05) is 17.2 Å². The van der Waals surface area contributed by atoms with Gasteiger partial charge >= 0.3 is 11.9 Å². The summed E-state index contributed by atoms with van der Waals surface area (Å²) in [4.78, 5) is 34.4. The van der Waals surface area contributed by atoms with E-state index in [2.05, 4.69) is 5.32 Å². The maximum atomic E-state index is 12.1. The molecule has 0 fully saturated rings. The molecule has 7 heteroatoms. The van der Waals surface area contributed by atoms with E-state index in [-0.39, 0.29) is 22.8 Å². The van der Waals surface area contributed by atoms with Crippen LogP contribution in [0.4, 0.5) is 5.69 Å². The smallest absolute Gasteiger partial charge is 0.336 e. The zero-order valence-electron chi connectivity index (χ0n) is 14.6. The predicted molar refractivity (Wildman–Crippen MR) is 95.0 cm³/mol. The van der Waals surface area contributed by atoms with Crippen molar-refractivity contribution >= 4 is 23.5 Å². The molecule has 0 unspecified atom stereocenters. The number of carboxylic acids is 2. The maximum absolute atomic E-state index is 12.1. The van der Waals surface area contributed by atoms with Crippen molar-refractivity contribution in [3.05, 3.63) is 53.6 Å². The average Bonchev–Trinajstić information content (AvgIpc) is 2.54. The molecule has 3 N–H and O–H groups in total. The minimum atomic E-state index is -1.36. The molecule has 0 aliphatic carbocycles. The number of ether oxygens (including phenoxy) is 1. The fraction of sp³-hybridized carbons (Fsp3) is 0.211. The molecule has 0 spiro atoms. The molecule has 0 aliphatic rings. The fourth-order valence-electron chi connectivity index (χ4n) is 2.04. The van der Waals surface area contributed by atoms with Crippen LogP contribution in [0.1, 0.15) is 41.5 Å². The zero-order chi connectivity index (χ0) is 19.5. The van der Waals surface area contributed by atoms with Gasteiger partial charge in [0.05, 0.1) is 11.1 Å². The Morgan fingerprint density at radius 2 is 1.50 bits per heavy atom. The van der Waals surface area contributed by atoms with Gasteiger partial charge in [-0.05, 0) is 30.3 Å². The highest BCUT2D eigenvalue weighted by molar-refractivity contribution is 6.02. The van der Waals surface area contributed by atoms with Crippen LogP contribution in [0.5, 0.6) is 11.5 Å². The van der Waals surface area contributed by atoms with Crippen molar-refractivity contribution in [3.8, 4) is 11.5 Å². The molecule has 7 nitrogen and oxygen atoms in total. The molecule has 0 radical (unpaired) electrons. The minimum Gasteiger partial charge on any atom is -0.478 e. The maximum Gasteiger partial charge on any atom is 0.336 e. The van der Waals surface area contributed by atoms with Crippen LogP contribution in [-0.4, -0.2) is 28.1 Å². The van der Waals surface area contributed by atoms with E-state index in [0.717, 1.165) is 6.07 Å². The number of anilines is 1. The third kappa shape index (κ3) is 4.60. The van der Waals surface area contributed by atoms with Crippen molar-refractivity contribution < 1.29 is 29.3 Å². The second kappa shape index (κ2) is 7.26. The minimum absolute atomic E-state index is 0.159. The largest absolute Gasteiger partial charge is 0.478 e. The van der Waals surface area contributed by atoms with Crippen molar-refractivity contribution in [2.24, 2.45) is 5.41 Å². The summed E-state index contributed by atoms with van der Waals surface area (Å²) >= 11 is 0. The monoisotopic (exact) mass is 357 g/mol. The van der Waals surface area contributed by atoms with Crippen molar-refractivity contribution in [1.29, 1.82) is 0 Å². The van der Waals surface area contributed by atoms with E-state index in [1.807, 2.05) is 0 Å². The van der Waals surface area contributed by atoms with Gasteiger partial charge in [0.15, 0.2) is 0 Å². The Bertz CT molecular complexity index is 867. The predicted octanol–water partition coefficient (Wildman–Crippen LogP) is 3.86. The number of amides is 1. The first-order valence-corrected chi connectivity index (χ1v) is 7.78. The molecular formula is C19H19NO6. The van der Waals surface area contributed by atoms with E-state index in [0.29, 0.717) is 11.4 Å². The van der Waals surface area contributed by atoms with Gasteiger partial charge < -0.3 is 20.3 Å². The molecule has 136 valence electrons. The van der Waals surface area contributed by atoms with Gasteiger partial charge in [-0.15, -0.1) is 0 Å². The highest BCUT2D eigenvalue weighted by atomic mass is 16.5. The van der Waals surface area contributed by atoms with Crippen LogP contribution in [0.2, 0.25) is 0 Å². The first kappa shape index (κ1) is 19.0. The van der Waals surface area contributed by atoms with Gasteiger partial charge in [-0.1, -0.05) is 26.8 Å². The van der Waals surface area contributed by atoms with Gasteiger partial charge in [0.1, 0.15) is 11.5 Å². The number of hydrogen-bond donors (Lipinski definition) is 3. The van der Waals surface area contributed by atoms with E-state index in [1.165, 1.54) is 12.1 Å². The molecule has 0 saturated carbocycles. The van der Waals surface area contributed by atoms with Crippen molar-refractivity contribution in [3.63, 3.8) is 0 Å². The highest BCUT2D eigenvalue weighted by Gasteiger charge is 2.21. The van der Waals surface area contributed by atoms with Crippen LogP contribution in [0.3, 0.4) is 0 Å². The van der Waals surface area contributed by atoms with E-state index < -0.39 is 17.4 Å². The zero-order valence-corrected chi connectivity index (χ0v) is 14.6. The van der Waals surface area contributed by atoms with Crippen LogP contribution in [0.15, 0.2) is 42.5 Å². The van der Waals surface area contributed by atoms with Crippen molar-refractivity contribution in [2.75, 3.05) is 5.32 Å². The van der Waals surface area contributed by atoms with Gasteiger partial charge in [0.25, 0.3) is 0 Å². The number of carbonyl (C=O) groups is 3. The number of aromatic carboxylic acids is 2. The number of carbonyl (C=O) groups excluding carboxylic acids is 1. The molecule has 0 saturated heterocycles. The van der Waals surface area contributed by atoms with Gasteiger partial charge in [-0.25, -0.2) is 9.59 Å². The normalized spacial score (nSPS) is 10.9. The average molecular weight is 357 g/mol. The topological polar surface area (TPSA) is 113 Å². The van der Waals surface area contributed by atoms with Crippen LogP contribution >= 0.6 is 0 Å². The summed E-state index contributed by atoms with van der Waals surface area (Å²) in [6.07, 6.45) is 0. The summed E-state index contributed by atoms with van der Waals surface area (Å²) < 4.78 is 5.60. The lowest BCUT2D eigenvalue weighted by Gasteiger charge is -2.18. The quantitative estimate of drug-likeness (QED) is 0.749. The number of nitrogens with one attached hydrogen (secondary N) is 1. The molecule has 2 aromatic carbocycles. The molecular weight excluding hydrogens is 338 g/mol. The lowest BCUT2D eigenvalue weighted by atomic mass is 9.95. The van der Waals surface area contributed by atoms with E-state index in [9.17, 15) is 14.4 Å². The molecule has 1 amide bonds. The van der Waals surface area contributed by atoms with Crippen LogP contribution in [0.25, 0.3) is 0 Å². The lowest BCUT2D eigenvalue weighted by Crippen LogP contribution is -2.27. The van der Waals surface area contributed by atoms with Crippen molar-refractivity contribution in [1.82, 2.24) is 0 Å². The summed E-state index contributed by atoms with van der Waals surface area (Å²) in [7, 11) is 0. The van der Waals surface area contributed by atoms with E-state index >= 15 is 0 Å². The molecule has 0 aromatic heterocycles. The van der Waals surface area contributed by atoms with Crippen molar-refractivity contribution in [2.45, 2.75) is 20.8 Å². The Morgan fingerprint density at radius 1 is 0.885 bits per heavy atom. The summed E-state index contributed by atoms with van der Waals surface area (Å²) in [5, 5.41) is 21.0. The van der Waals surface area contributed by atoms with Gasteiger partial charge in [-0.3, -0.25) is 4.79 Å². The third-order valence-corrected chi connectivity index (χ3v) is 3.46.